The second-order valence-corrected chi connectivity index (χ2v) is 5.53. The maximum atomic E-state index is 12.6. The van der Waals surface area contributed by atoms with Crippen molar-refractivity contribution in [3.8, 4) is 0 Å². The number of halogens is 1. The van der Waals surface area contributed by atoms with Crippen molar-refractivity contribution in [3.63, 3.8) is 0 Å². The van der Waals surface area contributed by atoms with Crippen molar-refractivity contribution in [2.45, 2.75) is 19.1 Å². The third-order valence-electron chi connectivity index (χ3n) is 3.83. The Labute approximate surface area is 129 Å². The molecule has 0 radical (unpaired) electrons. The predicted octanol–water partition coefficient (Wildman–Crippen LogP) is 3.53. The Hall–Kier alpha value is -1.84. The van der Waals surface area contributed by atoms with Crippen LogP contribution in [-0.2, 0) is 4.79 Å². The molecule has 2 aromatic carbocycles. The summed E-state index contributed by atoms with van der Waals surface area (Å²) in [6.07, 6.45) is -0.107. The molecule has 0 aromatic heterocycles. The third kappa shape index (κ3) is 2.67. The van der Waals surface area contributed by atoms with Crippen LogP contribution in [0.4, 0.5) is 0 Å². The molecule has 0 spiro atoms. The molecule has 2 unspecified atom stereocenters. The Morgan fingerprint density at radius 2 is 1.71 bits per heavy atom. The lowest BCUT2D eigenvalue weighted by Crippen LogP contribution is -2.29. The van der Waals surface area contributed by atoms with Crippen LogP contribution in [0.3, 0.4) is 0 Å². The molecule has 0 bridgehead atoms. The maximum absolute atomic E-state index is 12.6. The monoisotopic (exact) mass is 300 g/mol. The van der Waals surface area contributed by atoms with Gasteiger partial charge in [-0.2, -0.15) is 0 Å². The number of nitrogens with one attached hydrogen (secondary N) is 1. The van der Waals surface area contributed by atoms with Gasteiger partial charge in [0.1, 0.15) is 12.2 Å². The van der Waals surface area contributed by atoms with Gasteiger partial charge in [-0.1, -0.05) is 54.1 Å². The lowest BCUT2D eigenvalue weighted by atomic mass is 10.1. The number of carbonyl (C=O) groups excluding carboxylic acids is 1. The van der Waals surface area contributed by atoms with Gasteiger partial charge >= 0.3 is 0 Å². The molecule has 2 aromatic rings. The smallest absolute Gasteiger partial charge is 0.245 e. The molecule has 4 heteroatoms. The molecule has 2 atom stereocenters. The van der Waals surface area contributed by atoms with Crippen molar-refractivity contribution >= 4 is 17.5 Å². The highest BCUT2D eigenvalue weighted by Crippen LogP contribution is 2.32. The van der Waals surface area contributed by atoms with E-state index in [0.717, 1.165) is 11.1 Å². The van der Waals surface area contributed by atoms with E-state index in [2.05, 4.69) is 5.32 Å². The van der Waals surface area contributed by atoms with E-state index in [4.69, 9.17) is 11.6 Å². The molecule has 0 aliphatic carbocycles. The van der Waals surface area contributed by atoms with Crippen LogP contribution in [0.5, 0.6) is 0 Å². The van der Waals surface area contributed by atoms with Gasteiger partial charge in [0, 0.05) is 11.6 Å². The van der Waals surface area contributed by atoms with E-state index < -0.39 is 0 Å². The Morgan fingerprint density at radius 3 is 2.33 bits per heavy atom. The Balaban J connectivity index is 1.92. The first kappa shape index (κ1) is 14.1. The van der Waals surface area contributed by atoms with Crippen LogP contribution in [-0.4, -0.2) is 17.4 Å². The van der Waals surface area contributed by atoms with Crippen LogP contribution in [0.2, 0.25) is 5.02 Å². The molecule has 1 aliphatic heterocycles. The van der Waals surface area contributed by atoms with E-state index in [9.17, 15) is 4.79 Å². The van der Waals surface area contributed by atoms with E-state index in [1.807, 2.05) is 66.4 Å². The highest BCUT2D eigenvalue weighted by Gasteiger charge is 2.39. The van der Waals surface area contributed by atoms with Crippen molar-refractivity contribution in [2.24, 2.45) is 0 Å². The van der Waals surface area contributed by atoms with Crippen molar-refractivity contribution in [1.82, 2.24) is 10.2 Å². The molecule has 3 nitrogen and oxygen atoms in total. The molecule has 1 fully saturated rings. The highest BCUT2D eigenvalue weighted by atomic mass is 35.5. The minimum Gasteiger partial charge on any atom is -0.322 e. The normalized spacial score (nSPS) is 21.8. The first-order chi connectivity index (χ1) is 10.2. The van der Waals surface area contributed by atoms with Gasteiger partial charge in [-0.25, -0.2) is 0 Å². The van der Waals surface area contributed by atoms with Gasteiger partial charge in [-0.15, -0.1) is 0 Å². The number of hydrogen-bond acceptors (Lipinski definition) is 2. The zero-order valence-corrected chi connectivity index (χ0v) is 12.5. The summed E-state index contributed by atoms with van der Waals surface area (Å²) in [5, 5.41) is 4.13. The number of rotatable bonds is 3. The largest absolute Gasteiger partial charge is 0.322 e. The Kier molecular flexibility index (Phi) is 3.95. The molecule has 1 N–H and O–H groups in total. The number of carbonyl (C=O) groups is 1. The third-order valence-corrected chi connectivity index (χ3v) is 4.08. The maximum Gasteiger partial charge on any atom is 0.245 e. The predicted molar refractivity (Wildman–Crippen MR) is 83.9 cm³/mol. The number of hydrogen-bond donors (Lipinski definition) is 1. The lowest BCUT2D eigenvalue weighted by Gasteiger charge is -2.22. The van der Waals surface area contributed by atoms with Crippen LogP contribution in [0.15, 0.2) is 54.6 Å². The molecule has 3 rings (SSSR count). The number of nitrogens with zero attached hydrogens (tertiary/aromatic N) is 1. The van der Waals surface area contributed by atoms with Crippen molar-refractivity contribution in [1.29, 1.82) is 0 Å². The molecular formula is C17H17ClN2O. The van der Waals surface area contributed by atoms with E-state index in [-0.39, 0.29) is 18.1 Å². The van der Waals surface area contributed by atoms with E-state index in [1.165, 1.54) is 0 Å². The summed E-state index contributed by atoms with van der Waals surface area (Å²) in [6, 6.07) is 17.2. The first-order valence-electron chi connectivity index (χ1n) is 7.07. The molecule has 1 amide bonds. The summed E-state index contributed by atoms with van der Waals surface area (Å²) < 4.78 is 0. The van der Waals surface area contributed by atoms with Crippen LogP contribution in [0, 0.1) is 0 Å². The number of amides is 1. The zero-order valence-electron chi connectivity index (χ0n) is 11.8. The minimum atomic E-state index is -0.285. The van der Waals surface area contributed by atoms with Gasteiger partial charge in [-0.3, -0.25) is 10.1 Å². The number of benzene rings is 2. The second-order valence-electron chi connectivity index (χ2n) is 5.09. The quantitative estimate of drug-likeness (QED) is 0.940. The van der Waals surface area contributed by atoms with Crippen molar-refractivity contribution in [3.05, 3.63) is 70.7 Å². The molecule has 1 aliphatic rings. The van der Waals surface area contributed by atoms with Crippen LogP contribution in [0.1, 0.15) is 30.3 Å². The van der Waals surface area contributed by atoms with Gasteiger partial charge in [0.25, 0.3) is 0 Å². The Bertz CT molecular complexity index is 627. The second kappa shape index (κ2) is 5.88. The number of likely N-dealkylation sites (N-methyl/N-ethyl adjacent to an activating group) is 1. The van der Waals surface area contributed by atoms with Crippen LogP contribution >= 0.6 is 11.6 Å². The van der Waals surface area contributed by atoms with Gasteiger partial charge in [-0.05, 0) is 30.2 Å². The fraction of sp³-hybridized carbons (Fsp3) is 0.235. The summed E-state index contributed by atoms with van der Waals surface area (Å²) in [7, 11) is 0. The molecule has 1 saturated heterocycles. The van der Waals surface area contributed by atoms with E-state index in [0.29, 0.717) is 11.6 Å². The lowest BCUT2D eigenvalue weighted by molar-refractivity contribution is -0.130. The SMILES string of the molecule is CCN1C(=O)C(c2ccccc2)NC1c1ccc(Cl)cc1. The average molecular weight is 301 g/mol. The molecule has 0 saturated carbocycles. The fourth-order valence-electron chi connectivity index (χ4n) is 2.76. The van der Waals surface area contributed by atoms with Gasteiger partial charge < -0.3 is 4.90 Å². The van der Waals surface area contributed by atoms with Gasteiger partial charge in [0.2, 0.25) is 5.91 Å². The first-order valence-corrected chi connectivity index (χ1v) is 7.45. The fourth-order valence-corrected chi connectivity index (χ4v) is 2.88. The topological polar surface area (TPSA) is 32.3 Å². The highest BCUT2D eigenvalue weighted by molar-refractivity contribution is 6.30. The van der Waals surface area contributed by atoms with E-state index in [1.54, 1.807) is 0 Å². The van der Waals surface area contributed by atoms with E-state index >= 15 is 0 Å². The minimum absolute atomic E-state index is 0.107. The van der Waals surface area contributed by atoms with Crippen LogP contribution < -0.4 is 5.32 Å². The van der Waals surface area contributed by atoms with Crippen molar-refractivity contribution in [2.75, 3.05) is 6.54 Å². The molecule has 21 heavy (non-hydrogen) atoms. The summed E-state index contributed by atoms with van der Waals surface area (Å²) >= 11 is 5.94. The molecule has 1 heterocycles. The summed E-state index contributed by atoms with van der Waals surface area (Å²) in [5.41, 5.74) is 2.05. The van der Waals surface area contributed by atoms with Crippen LogP contribution in [0.25, 0.3) is 0 Å². The summed E-state index contributed by atoms with van der Waals surface area (Å²) in [5.74, 6) is 0.114. The van der Waals surface area contributed by atoms with Crippen molar-refractivity contribution < 1.29 is 4.79 Å². The molecule has 108 valence electrons. The Morgan fingerprint density at radius 1 is 1.05 bits per heavy atom. The summed E-state index contributed by atoms with van der Waals surface area (Å²) in [4.78, 5) is 14.5. The van der Waals surface area contributed by atoms with Gasteiger partial charge in [0.15, 0.2) is 0 Å². The standard InChI is InChI=1S/C17H17ClN2O/c1-2-20-16(13-8-10-14(18)11-9-13)19-15(17(20)21)12-6-4-3-5-7-12/h3-11,15-16,19H,2H2,1H3. The summed E-state index contributed by atoms with van der Waals surface area (Å²) in [6.45, 7) is 2.67. The van der Waals surface area contributed by atoms with Gasteiger partial charge in [0.05, 0.1) is 0 Å². The average Bonchev–Trinajstić information content (AvgIpc) is 2.85. The molecular weight excluding hydrogens is 284 g/mol. The zero-order chi connectivity index (χ0) is 14.8.